The summed E-state index contributed by atoms with van der Waals surface area (Å²) in [5, 5.41) is 9.28. The van der Waals surface area contributed by atoms with Crippen molar-refractivity contribution in [3.05, 3.63) is 22.9 Å². The molecule has 2 atom stereocenters. The van der Waals surface area contributed by atoms with Crippen LogP contribution in [-0.4, -0.2) is 27.9 Å². The molecule has 1 saturated carbocycles. The fourth-order valence-electron chi connectivity index (χ4n) is 3.47. The topological polar surface area (TPSA) is 57.6 Å². The summed E-state index contributed by atoms with van der Waals surface area (Å²) < 4.78 is 0. The van der Waals surface area contributed by atoms with Crippen LogP contribution in [0, 0.1) is 5.92 Å². The molecule has 3 rings (SSSR count). The predicted molar refractivity (Wildman–Crippen MR) is 61.0 cm³/mol. The summed E-state index contributed by atoms with van der Waals surface area (Å²) in [4.78, 5) is 24.7. The predicted octanol–water partition coefficient (Wildman–Crippen LogP) is 1.69. The lowest BCUT2D eigenvalue weighted by Gasteiger charge is -2.41. The largest absolute Gasteiger partial charge is 0.477 e. The third-order valence-corrected chi connectivity index (χ3v) is 4.16. The Kier molecular flexibility index (Phi) is 2.15. The van der Waals surface area contributed by atoms with E-state index >= 15 is 0 Å². The highest BCUT2D eigenvalue weighted by atomic mass is 16.4. The average Bonchev–Trinajstić information content (AvgIpc) is 2.61. The van der Waals surface area contributed by atoms with Crippen molar-refractivity contribution in [2.75, 3.05) is 0 Å². The van der Waals surface area contributed by atoms with E-state index in [-0.39, 0.29) is 23.6 Å². The number of nitrogens with zero attached hydrogens (tertiary/aromatic N) is 1. The number of hydrogen-bond acceptors (Lipinski definition) is 2. The second-order valence-corrected chi connectivity index (χ2v) is 4.90. The second kappa shape index (κ2) is 3.45. The molecule has 1 saturated heterocycles. The SMILES string of the molecule is C/C=C1/C(=O)N2C(C(=O)O)=C3CCCCC3[C@@H]12. The maximum Gasteiger partial charge on any atom is 0.352 e. The molecule has 2 aliphatic heterocycles. The first-order chi connectivity index (χ1) is 8.16. The van der Waals surface area contributed by atoms with Crippen LogP contribution in [-0.2, 0) is 9.59 Å². The minimum absolute atomic E-state index is 0.0221. The van der Waals surface area contributed by atoms with Gasteiger partial charge in [-0.2, -0.15) is 0 Å². The van der Waals surface area contributed by atoms with E-state index in [1.54, 1.807) is 0 Å². The highest BCUT2D eigenvalue weighted by Gasteiger charge is 2.56. The van der Waals surface area contributed by atoms with Crippen molar-refractivity contribution in [3.63, 3.8) is 0 Å². The molecule has 1 aliphatic carbocycles. The molecule has 4 heteroatoms. The van der Waals surface area contributed by atoms with Crippen LogP contribution in [0.4, 0.5) is 0 Å². The van der Waals surface area contributed by atoms with Crippen molar-refractivity contribution in [2.24, 2.45) is 5.92 Å². The zero-order chi connectivity index (χ0) is 12.2. The van der Waals surface area contributed by atoms with Gasteiger partial charge >= 0.3 is 5.97 Å². The van der Waals surface area contributed by atoms with Crippen LogP contribution in [0.2, 0.25) is 0 Å². The first kappa shape index (κ1) is 10.6. The Bertz CT molecular complexity index is 475. The summed E-state index contributed by atoms with van der Waals surface area (Å²) >= 11 is 0. The lowest BCUT2D eigenvalue weighted by molar-refractivity contribution is -0.142. The van der Waals surface area contributed by atoms with Crippen LogP contribution in [0.25, 0.3) is 0 Å². The molecule has 2 heterocycles. The summed E-state index contributed by atoms with van der Waals surface area (Å²) in [7, 11) is 0. The van der Waals surface area contributed by atoms with Crippen LogP contribution in [0.15, 0.2) is 22.9 Å². The Hall–Kier alpha value is -1.58. The Balaban J connectivity index is 2.07. The summed E-state index contributed by atoms with van der Waals surface area (Å²) in [6.07, 6.45) is 5.86. The minimum Gasteiger partial charge on any atom is -0.477 e. The Morgan fingerprint density at radius 3 is 2.88 bits per heavy atom. The molecule has 1 unspecified atom stereocenters. The van der Waals surface area contributed by atoms with Crippen molar-refractivity contribution in [3.8, 4) is 0 Å². The molecular formula is C13H15NO3. The van der Waals surface area contributed by atoms with Gasteiger partial charge in [0.05, 0.1) is 6.04 Å². The van der Waals surface area contributed by atoms with Gasteiger partial charge in [-0.3, -0.25) is 9.69 Å². The number of fused-ring (bicyclic) bond motifs is 3. The second-order valence-electron chi connectivity index (χ2n) is 4.90. The average molecular weight is 233 g/mol. The fraction of sp³-hybridized carbons (Fsp3) is 0.538. The lowest BCUT2D eigenvalue weighted by atomic mass is 9.77. The molecule has 1 N–H and O–H groups in total. The molecule has 0 spiro atoms. The van der Waals surface area contributed by atoms with Gasteiger partial charge in [0.15, 0.2) is 0 Å². The number of rotatable bonds is 1. The minimum atomic E-state index is -0.946. The molecule has 90 valence electrons. The molecule has 0 radical (unpaired) electrons. The third-order valence-electron chi connectivity index (χ3n) is 4.16. The zero-order valence-electron chi connectivity index (χ0n) is 9.77. The van der Waals surface area contributed by atoms with Crippen molar-refractivity contribution in [1.29, 1.82) is 0 Å². The first-order valence-corrected chi connectivity index (χ1v) is 6.13. The van der Waals surface area contributed by atoms with Gasteiger partial charge in [-0.1, -0.05) is 12.5 Å². The van der Waals surface area contributed by atoms with Crippen LogP contribution in [0.3, 0.4) is 0 Å². The highest BCUT2D eigenvalue weighted by molar-refractivity contribution is 6.09. The maximum atomic E-state index is 11.9. The van der Waals surface area contributed by atoms with Gasteiger partial charge in [-0.05, 0) is 31.8 Å². The zero-order valence-corrected chi connectivity index (χ0v) is 9.77. The van der Waals surface area contributed by atoms with Crippen LogP contribution in [0.5, 0.6) is 0 Å². The molecule has 0 aromatic heterocycles. The fourth-order valence-corrected chi connectivity index (χ4v) is 3.47. The van der Waals surface area contributed by atoms with Crippen molar-refractivity contribution < 1.29 is 14.7 Å². The third kappa shape index (κ3) is 1.18. The number of allylic oxidation sites excluding steroid dienone is 1. The lowest BCUT2D eigenvalue weighted by Crippen LogP contribution is -2.54. The number of aliphatic carboxylic acids is 1. The van der Waals surface area contributed by atoms with E-state index in [9.17, 15) is 14.7 Å². The Labute approximate surface area is 99.6 Å². The molecule has 2 fully saturated rings. The number of carbonyl (C=O) groups excluding carboxylic acids is 1. The molecule has 4 nitrogen and oxygen atoms in total. The van der Waals surface area contributed by atoms with Gasteiger partial charge in [0.1, 0.15) is 5.70 Å². The van der Waals surface area contributed by atoms with Gasteiger partial charge in [0, 0.05) is 11.5 Å². The van der Waals surface area contributed by atoms with E-state index in [2.05, 4.69) is 0 Å². The van der Waals surface area contributed by atoms with E-state index in [0.717, 1.165) is 36.8 Å². The number of carboxylic acids is 1. The molecule has 0 aromatic rings. The number of carbonyl (C=O) groups is 2. The molecular weight excluding hydrogens is 218 g/mol. The van der Waals surface area contributed by atoms with E-state index in [0.29, 0.717) is 0 Å². The number of hydrogen-bond donors (Lipinski definition) is 1. The molecule has 0 aromatic carbocycles. The van der Waals surface area contributed by atoms with E-state index in [1.165, 1.54) is 4.90 Å². The smallest absolute Gasteiger partial charge is 0.352 e. The van der Waals surface area contributed by atoms with E-state index in [4.69, 9.17) is 0 Å². The number of carboxylic acid groups (broad SMARTS) is 1. The maximum absolute atomic E-state index is 11.9. The summed E-state index contributed by atoms with van der Waals surface area (Å²) in [5.74, 6) is -0.798. The van der Waals surface area contributed by atoms with Crippen molar-refractivity contribution >= 4 is 11.9 Å². The number of β-lactam (4-membered cyclic amide) rings is 1. The van der Waals surface area contributed by atoms with Gasteiger partial charge < -0.3 is 5.11 Å². The molecule has 1 amide bonds. The van der Waals surface area contributed by atoms with Crippen LogP contribution >= 0.6 is 0 Å². The Morgan fingerprint density at radius 2 is 2.24 bits per heavy atom. The standard InChI is InChI=1S/C13H15NO3/c1-2-7-10-8-5-3-4-6-9(8)11(13(16)17)14(10)12(7)15/h2,8,10H,3-6H2,1H3,(H,16,17)/b7-2+/t8?,10-/m1/s1. The Morgan fingerprint density at radius 1 is 1.47 bits per heavy atom. The van der Waals surface area contributed by atoms with E-state index in [1.807, 2.05) is 13.0 Å². The number of amides is 1. The highest BCUT2D eigenvalue weighted by Crippen LogP contribution is 2.50. The van der Waals surface area contributed by atoms with Crippen molar-refractivity contribution in [2.45, 2.75) is 38.6 Å². The summed E-state index contributed by atoms with van der Waals surface area (Å²) in [5.41, 5.74) is 2.07. The quantitative estimate of drug-likeness (QED) is 0.554. The normalized spacial score (nSPS) is 33.6. The molecule has 17 heavy (non-hydrogen) atoms. The monoisotopic (exact) mass is 233 g/mol. The summed E-state index contributed by atoms with van der Waals surface area (Å²) in [6.45, 7) is 1.85. The van der Waals surface area contributed by atoms with Gasteiger partial charge in [0.25, 0.3) is 5.91 Å². The van der Waals surface area contributed by atoms with Crippen molar-refractivity contribution in [1.82, 2.24) is 4.90 Å². The van der Waals surface area contributed by atoms with Gasteiger partial charge in [-0.25, -0.2) is 4.79 Å². The van der Waals surface area contributed by atoms with Crippen LogP contribution in [0.1, 0.15) is 32.6 Å². The van der Waals surface area contributed by atoms with Crippen LogP contribution < -0.4 is 0 Å². The molecule has 0 bridgehead atoms. The van der Waals surface area contributed by atoms with Gasteiger partial charge in [0.2, 0.25) is 0 Å². The van der Waals surface area contributed by atoms with Gasteiger partial charge in [-0.15, -0.1) is 0 Å². The molecule has 3 aliphatic rings. The first-order valence-electron chi connectivity index (χ1n) is 6.13. The van der Waals surface area contributed by atoms with E-state index < -0.39 is 5.97 Å². The summed E-state index contributed by atoms with van der Waals surface area (Å²) in [6, 6.07) is 0.0221.